The van der Waals surface area contributed by atoms with E-state index in [-0.39, 0.29) is 11.9 Å². The molecule has 0 radical (unpaired) electrons. The Kier molecular flexibility index (Phi) is 3.06. The van der Waals surface area contributed by atoms with Crippen molar-refractivity contribution in [3.63, 3.8) is 0 Å². The highest BCUT2D eigenvalue weighted by molar-refractivity contribution is 5.21. The predicted molar refractivity (Wildman–Crippen MR) is 70.0 cm³/mol. The van der Waals surface area contributed by atoms with Gasteiger partial charge in [0.05, 0.1) is 6.54 Å². The Morgan fingerprint density at radius 3 is 2.79 bits per heavy atom. The van der Waals surface area contributed by atoms with E-state index in [1.54, 1.807) is 6.07 Å². The fraction of sp³-hybridized carbons (Fsp3) is 0.429. The van der Waals surface area contributed by atoms with E-state index in [0.717, 1.165) is 36.8 Å². The summed E-state index contributed by atoms with van der Waals surface area (Å²) in [4.78, 5) is 2.24. The van der Waals surface area contributed by atoms with Crippen LogP contribution in [0.15, 0.2) is 24.3 Å². The Morgan fingerprint density at radius 2 is 2.00 bits per heavy atom. The fourth-order valence-corrected chi connectivity index (χ4v) is 2.66. The first-order valence-electron chi connectivity index (χ1n) is 6.54. The molecule has 1 aromatic heterocycles. The van der Waals surface area contributed by atoms with Crippen molar-refractivity contribution in [3.05, 3.63) is 47.3 Å². The molecule has 3 rings (SSSR count). The smallest absolute Gasteiger partial charge is 0.147 e. The van der Waals surface area contributed by atoms with Crippen LogP contribution in [0.4, 0.5) is 4.39 Å². The molecule has 1 atom stereocenters. The van der Waals surface area contributed by atoms with Crippen LogP contribution in [0.25, 0.3) is 0 Å². The van der Waals surface area contributed by atoms with Gasteiger partial charge in [0.2, 0.25) is 0 Å². The Bertz CT molecular complexity index is 593. The number of hydrogen-bond donors (Lipinski definition) is 0. The molecule has 1 aromatic carbocycles. The number of aryl methyl sites for hydroxylation is 1. The molecule has 0 saturated carbocycles. The van der Waals surface area contributed by atoms with Crippen molar-refractivity contribution in [3.8, 4) is 0 Å². The molecule has 5 heteroatoms. The minimum atomic E-state index is -0.141. The van der Waals surface area contributed by atoms with Gasteiger partial charge in [-0.1, -0.05) is 18.2 Å². The molecule has 0 unspecified atom stereocenters. The second-order valence-electron chi connectivity index (χ2n) is 4.98. The molecule has 0 N–H and O–H groups in total. The largest absolute Gasteiger partial charge is 0.313 e. The van der Waals surface area contributed by atoms with Crippen molar-refractivity contribution < 1.29 is 4.39 Å². The molecule has 2 aromatic rings. The minimum Gasteiger partial charge on any atom is -0.313 e. The summed E-state index contributed by atoms with van der Waals surface area (Å²) in [5, 5.41) is 8.28. The van der Waals surface area contributed by atoms with Crippen LogP contribution in [0.5, 0.6) is 0 Å². The van der Waals surface area contributed by atoms with Crippen molar-refractivity contribution in [1.29, 1.82) is 0 Å². The lowest BCUT2D eigenvalue weighted by Crippen LogP contribution is -2.36. The van der Waals surface area contributed by atoms with E-state index in [2.05, 4.69) is 19.7 Å². The predicted octanol–water partition coefficient (Wildman–Crippen LogP) is 2.30. The third kappa shape index (κ3) is 2.14. The van der Waals surface area contributed by atoms with E-state index in [1.807, 2.05) is 26.0 Å². The van der Waals surface area contributed by atoms with E-state index >= 15 is 0 Å². The van der Waals surface area contributed by atoms with E-state index in [4.69, 9.17) is 0 Å². The first-order chi connectivity index (χ1) is 9.16. The average Bonchev–Trinajstić information content (AvgIpc) is 2.80. The first kappa shape index (κ1) is 12.3. The van der Waals surface area contributed by atoms with Crippen LogP contribution < -0.4 is 0 Å². The molecule has 4 nitrogen and oxygen atoms in total. The lowest BCUT2D eigenvalue weighted by Gasteiger charge is -2.33. The Labute approximate surface area is 111 Å². The molecule has 0 saturated heterocycles. The molecule has 1 aliphatic heterocycles. The van der Waals surface area contributed by atoms with Crippen LogP contribution in [0.3, 0.4) is 0 Å². The average molecular weight is 260 g/mol. The number of fused-ring (bicyclic) bond motifs is 1. The standard InChI is InChI=1S/C14H17FN4/c1-10(12-5-3-4-6-13(12)15)18-7-8-19-11(2)16-17-14(19)9-18/h3-6,10H,7-9H2,1-2H3/t10-/m1/s1. The molecule has 2 heterocycles. The van der Waals surface area contributed by atoms with Gasteiger partial charge in [0.25, 0.3) is 0 Å². The topological polar surface area (TPSA) is 34.0 Å². The van der Waals surface area contributed by atoms with Crippen LogP contribution in [-0.2, 0) is 13.1 Å². The van der Waals surface area contributed by atoms with Gasteiger partial charge in [-0.15, -0.1) is 10.2 Å². The van der Waals surface area contributed by atoms with Crippen molar-refractivity contribution >= 4 is 0 Å². The van der Waals surface area contributed by atoms with E-state index in [9.17, 15) is 4.39 Å². The summed E-state index contributed by atoms with van der Waals surface area (Å²) in [5.41, 5.74) is 0.743. The summed E-state index contributed by atoms with van der Waals surface area (Å²) in [5.74, 6) is 1.78. The molecule has 0 fully saturated rings. The monoisotopic (exact) mass is 260 g/mol. The van der Waals surface area contributed by atoms with Crippen molar-refractivity contribution in [2.75, 3.05) is 6.54 Å². The minimum absolute atomic E-state index is 0.0481. The van der Waals surface area contributed by atoms with Crippen LogP contribution in [-0.4, -0.2) is 26.2 Å². The molecule has 0 amide bonds. The normalized spacial score (nSPS) is 17.2. The van der Waals surface area contributed by atoms with Crippen molar-refractivity contribution in [2.24, 2.45) is 0 Å². The van der Waals surface area contributed by atoms with Gasteiger partial charge in [0.15, 0.2) is 0 Å². The van der Waals surface area contributed by atoms with Gasteiger partial charge < -0.3 is 4.57 Å². The van der Waals surface area contributed by atoms with Crippen LogP contribution >= 0.6 is 0 Å². The van der Waals surface area contributed by atoms with E-state index < -0.39 is 0 Å². The second kappa shape index (κ2) is 4.74. The summed E-state index contributed by atoms with van der Waals surface area (Å²) in [7, 11) is 0. The Morgan fingerprint density at radius 1 is 1.21 bits per heavy atom. The summed E-state index contributed by atoms with van der Waals surface area (Å²) >= 11 is 0. The van der Waals surface area contributed by atoms with Gasteiger partial charge in [-0.2, -0.15) is 0 Å². The van der Waals surface area contributed by atoms with Crippen LogP contribution in [0.2, 0.25) is 0 Å². The number of nitrogens with zero attached hydrogens (tertiary/aromatic N) is 4. The summed E-state index contributed by atoms with van der Waals surface area (Å²) < 4.78 is 16.0. The number of hydrogen-bond acceptors (Lipinski definition) is 3. The zero-order valence-electron chi connectivity index (χ0n) is 11.2. The molecular weight excluding hydrogens is 243 g/mol. The quantitative estimate of drug-likeness (QED) is 0.831. The third-order valence-corrected chi connectivity index (χ3v) is 3.87. The van der Waals surface area contributed by atoms with Gasteiger partial charge in [0, 0.05) is 24.7 Å². The maximum Gasteiger partial charge on any atom is 0.147 e. The molecule has 19 heavy (non-hydrogen) atoms. The first-order valence-corrected chi connectivity index (χ1v) is 6.54. The summed E-state index contributed by atoms with van der Waals surface area (Å²) in [6, 6.07) is 7.02. The van der Waals surface area contributed by atoms with Gasteiger partial charge >= 0.3 is 0 Å². The zero-order valence-corrected chi connectivity index (χ0v) is 11.2. The van der Waals surface area contributed by atoms with E-state index in [0.29, 0.717) is 0 Å². The lowest BCUT2D eigenvalue weighted by molar-refractivity contribution is 0.160. The maximum absolute atomic E-state index is 13.8. The third-order valence-electron chi connectivity index (χ3n) is 3.87. The number of benzene rings is 1. The highest BCUT2D eigenvalue weighted by Gasteiger charge is 2.25. The number of rotatable bonds is 2. The van der Waals surface area contributed by atoms with Crippen LogP contribution in [0, 0.1) is 12.7 Å². The van der Waals surface area contributed by atoms with Gasteiger partial charge in [-0.3, -0.25) is 4.90 Å². The molecular formula is C14H17FN4. The van der Waals surface area contributed by atoms with E-state index in [1.165, 1.54) is 6.07 Å². The van der Waals surface area contributed by atoms with Gasteiger partial charge in [-0.25, -0.2) is 4.39 Å². The fourth-order valence-electron chi connectivity index (χ4n) is 2.66. The molecule has 1 aliphatic rings. The lowest BCUT2D eigenvalue weighted by atomic mass is 10.1. The van der Waals surface area contributed by atoms with Crippen molar-refractivity contribution in [1.82, 2.24) is 19.7 Å². The Hall–Kier alpha value is -1.75. The Balaban J connectivity index is 1.83. The number of halogens is 1. The second-order valence-corrected chi connectivity index (χ2v) is 4.98. The molecule has 100 valence electrons. The summed E-state index contributed by atoms with van der Waals surface area (Å²) in [6.45, 7) is 6.48. The SMILES string of the molecule is Cc1nnc2n1CCN([C@H](C)c1ccccc1F)C2. The van der Waals surface area contributed by atoms with Crippen molar-refractivity contribution in [2.45, 2.75) is 33.0 Å². The highest BCUT2D eigenvalue weighted by Crippen LogP contribution is 2.26. The van der Waals surface area contributed by atoms with Crippen LogP contribution in [0.1, 0.15) is 30.2 Å². The number of aromatic nitrogens is 3. The maximum atomic E-state index is 13.8. The molecule has 0 spiro atoms. The highest BCUT2D eigenvalue weighted by atomic mass is 19.1. The molecule has 0 bridgehead atoms. The zero-order chi connectivity index (χ0) is 13.4. The molecule has 0 aliphatic carbocycles. The van der Waals surface area contributed by atoms with Gasteiger partial charge in [0.1, 0.15) is 17.5 Å². The summed E-state index contributed by atoms with van der Waals surface area (Å²) in [6.07, 6.45) is 0. The van der Waals surface area contributed by atoms with Gasteiger partial charge in [-0.05, 0) is 19.9 Å².